The van der Waals surface area contributed by atoms with Crippen LogP contribution in [0.2, 0.25) is 12.1 Å². The van der Waals surface area contributed by atoms with E-state index < -0.39 is 16.8 Å². The Morgan fingerprint density at radius 2 is 0.750 bits per heavy atom. The normalized spacial score (nSPS) is 14.2. The lowest BCUT2D eigenvalue weighted by Crippen LogP contribution is -2.35. The molecule has 2 atom stereocenters. The first-order valence-electron chi connectivity index (χ1n) is 16.5. The molecule has 2 unspecified atom stereocenters. The molecule has 0 amide bonds. The minimum Gasteiger partial charge on any atom is -0.297 e. The fraction of sp³-hybridized carbons (Fsp3) is 0.611. The highest BCUT2D eigenvalue weighted by atomic mass is 28.4. The van der Waals surface area contributed by atoms with Crippen molar-refractivity contribution in [3.05, 3.63) is 71.8 Å². The van der Waals surface area contributed by atoms with Gasteiger partial charge in [-0.1, -0.05) is 188 Å². The molecule has 0 aliphatic carbocycles. The second kappa shape index (κ2) is 21.1. The smallest absolute Gasteiger partial charge is 0.297 e. The molecule has 0 bridgehead atoms. The molecule has 0 spiro atoms. The third kappa shape index (κ3) is 15.9. The van der Waals surface area contributed by atoms with E-state index in [0.717, 1.165) is 36.8 Å². The summed E-state index contributed by atoms with van der Waals surface area (Å²) in [5.74, 6) is 0. The molecule has 0 fully saturated rings. The molecule has 0 aliphatic rings. The van der Waals surface area contributed by atoms with Crippen molar-refractivity contribution in [2.75, 3.05) is 0 Å². The predicted octanol–water partition coefficient (Wildman–Crippen LogP) is 11.7. The van der Waals surface area contributed by atoms with Gasteiger partial charge in [0.2, 0.25) is 0 Å². The van der Waals surface area contributed by atoms with Crippen molar-refractivity contribution in [1.29, 1.82) is 0 Å². The molecular formula is C36H56F2Si2. The zero-order valence-corrected chi connectivity index (χ0v) is 27.7. The topological polar surface area (TPSA) is 0 Å². The third-order valence-electron chi connectivity index (χ3n) is 8.02. The summed E-state index contributed by atoms with van der Waals surface area (Å²) in [6.45, 7) is 4.48. The number of benzene rings is 2. The number of hydrogen-bond donors (Lipinski definition) is 0. The van der Waals surface area contributed by atoms with Crippen LogP contribution in [-0.4, -0.2) is 16.8 Å². The van der Waals surface area contributed by atoms with E-state index in [9.17, 15) is 0 Å². The first-order chi connectivity index (χ1) is 19.5. The minimum absolute atomic E-state index is 0.380. The average Bonchev–Trinajstić information content (AvgIpc) is 2.96. The number of hydrogen-bond acceptors (Lipinski definition) is 0. The van der Waals surface area contributed by atoms with Gasteiger partial charge in [0.1, 0.15) is 0 Å². The Labute approximate surface area is 248 Å². The van der Waals surface area contributed by atoms with Crippen molar-refractivity contribution >= 4 is 16.8 Å². The largest absolute Gasteiger partial charge is 0.326 e. The van der Waals surface area contributed by atoms with Gasteiger partial charge < -0.3 is 0 Å². The van der Waals surface area contributed by atoms with Gasteiger partial charge in [-0.25, -0.2) is 0 Å². The van der Waals surface area contributed by atoms with Gasteiger partial charge in [0.05, 0.1) is 0 Å². The minimum atomic E-state index is -3.44. The van der Waals surface area contributed by atoms with Gasteiger partial charge in [-0.05, 0) is 23.2 Å². The standard InChI is InChI=1S/C36H56F2Si2/c1-3-5-7-9-11-13-15-23-29-39(37,33-35-25-19-17-20-26-35)31-32-40(38,34-36-27-21-18-22-28-36)30-24-16-14-12-10-8-6-4-2/h17-22,25-28H,3-16,23-24,29-30,33-34H2,1-2H3. The molecule has 0 aliphatic heterocycles. The van der Waals surface area contributed by atoms with Crippen molar-refractivity contribution in [3.8, 4) is 11.1 Å². The summed E-state index contributed by atoms with van der Waals surface area (Å²) in [7, 11) is -6.88. The SMILES string of the molecule is CCCCCCCCCC[Si](F)(C#C[Si](F)(CCCCCCCCCC)Cc1ccccc1)Cc1ccccc1. The quantitative estimate of drug-likeness (QED) is 0.0560. The monoisotopic (exact) mass is 582 g/mol. The molecule has 0 saturated heterocycles. The molecule has 0 heterocycles. The average molecular weight is 583 g/mol. The molecule has 2 aromatic carbocycles. The van der Waals surface area contributed by atoms with E-state index in [-0.39, 0.29) is 0 Å². The molecule has 0 aromatic heterocycles. The summed E-state index contributed by atoms with van der Waals surface area (Å²) in [6.07, 6.45) is 19.0. The molecular weight excluding hydrogens is 527 g/mol. The third-order valence-corrected chi connectivity index (χ3v) is 13.6. The molecule has 0 nitrogen and oxygen atoms in total. The summed E-state index contributed by atoms with van der Waals surface area (Å²) in [5.41, 5.74) is 8.22. The van der Waals surface area contributed by atoms with E-state index in [1.54, 1.807) is 0 Å². The van der Waals surface area contributed by atoms with Crippen LogP contribution in [0.1, 0.15) is 128 Å². The highest BCUT2D eigenvalue weighted by Gasteiger charge is 2.36. The van der Waals surface area contributed by atoms with E-state index in [0.29, 0.717) is 24.2 Å². The molecule has 0 N–H and O–H groups in total. The summed E-state index contributed by atoms with van der Waals surface area (Å²) < 4.78 is 33.3. The van der Waals surface area contributed by atoms with E-state index >= 15 is 8.22 Å². The van der Waals surface area contributed by atoms with Gasteiger partial charge in [0, 0.05) is 12.1 Å². The Bertz CT molecular complexity index is 864. The van der Waals surface area contributed by atoms with Crippen LogP contribution in [0.4, 0.5) is 8.22 Å². The maximum Gasteiger partial charge on any atom is 0.326 e. The van der Waals surface area contributed by atoms with Gasteiger partial charge in [-0.15, -0.1) is 0 Å². The molecule has 0 saturated carbocycles. The van der Waals surface area contributed by atoms with Gasteiger partial charge in [0.15, 0.2) is 0 Å². The highest BCUT2D eigenvalue weighted by Crippen LogP contribution is 2.25. The lowest BCUT2D eigenvalue weighted by atomic mass is 10.1. The Morgan fingerprint density at radius 3 is 1.07 bits per heavy atom. The summed E-state index contributed by atoms with van der Waals surface area (Å²) in [6, 6.07) is 21.6. The fourth-order valence-electron chi connectivity index (χ4n) is 5.53. The number of rotatable bonds is 22. The fourth-order valence-corrected chi connectivity index (χ4v) is 11.5. The number of unbranched alkanes of at least 4 members (excludes halogenated alkanes) is 14. The van der Waals surface area contributed by atoms with Crippen LogP contribution in [0.15, 0.2) is 60.7 Å². The van der Waals surface area contributed by atoms with Crippen LogP contribution in [0.5, 0.6) is 0 Å². The van der Waals surface area contributed by atoms with E-state index in [4.69, 9.17) is 0 Å². The predicted molar refractivity (Wildman–Crippen MR) is 177 cm³/mol. The molecule has 40 heavy (non-hydrogen) atoms. The van der Waals surface area contributed by atoms with Crippen molar-refractivity contribution < 1.29 is 8.22 Å². The van der Waals surface area contributed by atoms with Gasteiger partial charge in [-0.2, -0.15) is 0 Å². The summed E-state index contributed by atoms with van der Waals surface area (Å²) >= 11 is 0. The zero-order valence-electron chi connectivity index (χ0n) is 25.7. The highest BCUT2D eigenvalue weighted by molar-refractivity contribution is 6.86. The van der Waals surface area contributed by atoms with Crippen molar-refractivity contribution in [2.24, 2.45) is 0 Å². The van der Waals surface area contributed by atoms with Crippen LogP contribution < -0.4 is 0 Å². The molecule has 222 valence electrons. The Kier molecular flexibility index (Phi) is 18.2. The summed E-state index contributed by atoms with van der Waals surface area (Å²) in [4.78, 5) is 0. The van der Waals surface area contributed by atoms with Crippen LogP contribution in [0.3, 0.4) is 0 Å². The van der Waals surface area contributed by atoms with Gasteiger partial charge >= 0.3 is 16.8 Å². The van der Waals surface area contributed by atoms with Crippen molar-refractivity contribution in [1.82, 2.24) is 0 Å². The maximum atomic E-state index is 16.6. The van der Waals surface area contributed by atoms with E-state index in [1.165, 1.54) is 77.0 Å². The molecule has 4 heteroatoms. The van der Waals surface area contributed by atoms with Gasteiger partial charge in [-0.3, -0.25) is 8.22 Å². The maximum absolute atomic E-state index is 16.6. The number of halogens is 2. The van der Waals surface area contributed by atoms with Crippen LogP contribution in [0.25, 0.3) is 0 Å². The summed E-state index contributed by atoms with van der Waals surface area (Å²) in [5, 5.41) is 0. The van der Waals surface area contributed by atoms with Crippen LogP contribution >= 0.6 is 0 Å². The lowest BCUT2D eigenvalue weighted by Gasteiger charge is -2.20. The van der Waals surface area contributed by atoms with E-state index in [1.807, 2.05) is 60.7 Å². The zero-order chi connectivity index (χ0) is 28.8. The second-order valence-electron chi connectivity index (χ2n) is 12.0. The van der Waals surface area contributed by atoms with Crippen LogP contribution in [0, 0.1) is 11.1 Å². The van der Waals surface area contributed by atoms with E-state index in [2.05, 4.69) is 24.9 Å². The Balaban J connectivity index is 2.06. The Hall–Kier alpha value is -1.71. The molecule has 2 aromatic rings. The van der Waals surface area contributed by atoms with Crippen molar-refractivity contribution in [2.45, 2.75) is 141 Å². The molecule has 2 rings (SSSR count). The first-order valence-corrected chi connectivity index (χ1v) is 21.1. The van der Waals surface area contributed by atoms with Gasteiger partial charge in [0.25, 0.3) is 0 Å². The molecule has 0 radical (unpaired) electrons. The second-order valence-corrected chi connectivity index (χ2v) is 18.0. The Morgan fingerprint density at radius 1 is 0.450 bits per heavy atom. The lowest BCUT2D eigenvalue weighted by molar-refractivity contribution is 0.580. The first kappa shape index (κ1) is 34.5. The van der Waals surface area contributed by atoms with Crippen LogP contribution in [-0.2, 0) is 12.1 Å². The van der Waals surface area contributed by atoms with Crippen molar-refractivity contribution in [3.63, 3.8) is 0 Å².